The zero-order chi connectivity index (χ0) is 9.52. The molecule has 1 rings (SSSR count). The van der Waals surface area contributed by atoms with Crippen LogP contribution in [0.15, 0.2) is 0 Å². The Morgan fingerprint density at radius 3 is 2.85 bits per heavy atom. The summed E-state index contributed by atoms with van der Waals surface area (Å²) in [5, 5.41) is 3.57. The lowest BCUT2D eigenvalue weighted by atomic mass is 10.3. The van der Waals surface area contributed by atoms with Crippen molar-refractivity contribution in [1.29, 1.82) is 0 Å². The summed E-state index contributed by atoms with van der Waals surface area (Å²) < 4.78 is 4.95. The summed E-state index contributed by atoms with van der Waals surface area (Å²) in [7, 11) is 1.69. The third kappa shape index (κ3) is 6.30. The van der Waals surface area contributed by atoms with Crippen molar-refractivity contribution in [1.82, 2.24) is 5.32 Å². The maximum atomic E-state index is 5.97. The van der Waals surface area contributed by atoms with E-state index >= 15 is 0 Å². The van der Waals surface area contributed by atoms with Crippen molar-refractivity contribution in [2.45, 2.75) is 31.1 Å². The van der Waals surface area contributed by atoms with Crippen LogP contribution in [0.3, 0.4) is 0 Å². The monoisotopic (exact) mass is 205 g/mol. The van der Waals surface area contributed by atoms with Crippen LogP contribution in [0.4, 0.5) is 0 Å². The first-order valence-corrected chi connectivity index (χ1v) is 5.60. The van der Waals surface area contributed by atoms with Crippen LogP contribution < -0.4 is 5.32 Å². The number of nitrogens with one attached hydrogen (secondary N) is 1. The molecule has 0 spiro atoms. The maximum absolute atomic E-state index is 5.97. The number of halogens is 1. The molecule has 1 saturated carbocycles. The van der Waals surface area contributed by atoms with Crippen molar-refractivity contribution in [3.63, 3.8) is 0 Å². The van der Waals surface area contributed by atoms with E-state index in [4.69, 9.17) is 16.3 Å². The minimum Gasteiger partial charge on any atom is -0.383 e. The van der Waals surface area contributed by atoms with Gasteiger partial charge in [0, 0.05) is 7.11 Å². The fourth-order valence-corrected chi connectivity index (χ4v) is 1.60. The average molecular weight is 206 g/mol. The van der Waals surface area contributed by atoms with Crippen LogP contribution in [-0.2, 0) is 4.74 Å². The van der Waals surface area contributed by atoms with Gasteiger partial charge in [-0.25, -0.2) is 0 Å². The minimum absolute atomic E-state index is 0.165. The molecule has 0 saturated heterocycles. The lowest BCUT2D eigenvalue weighted by Crippen LogP contribution is -2.21. The molecule has 13 heavy (non-hydrogen) atoms. The Labute approximate surface area is 86.0 Å². The fourth-order valence-electron chi connectivity index (χ4n) is 1.36. The molecule has 0 amide bonds. The molecule has 0 radical (unpaired) electrons. The summed E-state index contributed by atoms with van der Waals surface area (Å²) in [5.41, 5.74) is 0. The van der Waals surface area contributed by atoms with E-state index in [1.54, 1.807) is 7.11 Å². The van der Waals surface area contributed by atoms with Crippen LogP contribution in [-0.4, -0.2) is 32.2 Å². The topological polar surface area (TPSA) is 21.3 Å². The highest BCUT2D eigenvalue weighted by Gasteiger charge is 2.19. The normalized spacial score (nSPS) is 18.9. The molecule has 0 aromatic rings. The smallest absolute Gasteiger partial charge is 0.0626 e. The Kier molecular flexibility index (Phi) is 5.76. The molecule has 0 heterocycles. The predicted octanol–water partition coefficient (Wildman–Crippen LogP) is 2.02. The van der Waals surface area contributed by atoms with Crippen LogP contribution in [0.5, 0.6) is 0 Å². The van der Waals surface area contributed by atoms with Gasteiger partial charge in [0.05, 0.1) is 12.0 Å². The number of rotatable bonds is 8. The van der Waals surface area contributed by atoms with Gasteiger partial charge < -0.3 is 10.1 Å². The van der Waals surface area contributed by atoms with E-state index in [1.165, 1.54) is 19.3 Å². The summed E-state index contributed by atoms with van der Waals surface area (Å²) in [6, 6.07) is 0. The Hall–Kier alpha value is 0.210. The van der Waals surface area contributed by atoms with Gasteiger partial charge in [-0.1, -0.05) is 12.8 Å². The molecule has 0 bridgehead atoms. The van der Waals surface area contributed by atoms with Crippen molar-refractivity contribution < 1.29 is 4.74 Å². The number of methoxy groups -OCH3 is 1. The zero-order valence-corrected chi connectivity index (χ0v) is 9.15. The van der Waals surface area contributed by atoms with Gasteiger partial charge in [-0.15, -0.1) is 11.6 Å². The van der Waals surface area contributed by atoms with Crippen molar-refractivity contribution >= 4 is 11.6 Å². The second-order valence-corrected chi connectivity index (χ2v) is 4.44. The number of alkyl halides is 1. The van der Waals surface area contributed by atoms with Crippen LogP contribution in [0.2, 0.25) is 0 Å². The van der Waals surface area contributed by atoms with Crippen LogP contribution in [0.25, 0.3) is 0 Å². The van der Waals surface area contributed by atoms with E-state index in [1.807, 2.05) is 0 Å². The molecule has 0 aromatic carbocycles. The molecular weight excluding hydrogens is 186 g/mol. The van der Waals surface area contributed by atoms with E-state index in [2.05, 4.69) is 5.32 Å². The first-order chi connectivity index (χ1) is 6.33. The van der Waals surface area contributed by atoms with Gasteiger partial charge in [0.15, 0.2) is 0 Å². The SMILES string of the molecule is COCC(Cl)CCNCCC1CC1. The van der Waals surface area contributed by atoms with Gasteiger partial charge in [0.2, 0.25) is 0 Å². The minimum atomic E-state index is 0.165. The molecule has 1 aliphatic carbocycles. The summed E-state index contributed by atoms with van der Waals surface area (Å²) in [5.74, 6) is 1.03. The Morgan fingerprint density at radius 2 is 2.23 bits per heavy atom. The van der Waals surface area contributed by atoms with Gasteiger partial charge in [-0.3, -0.25) is 0 Å². The summed E-state index contributed by atoms with van der Waals surface area (Å²) in [4.78, 5) is 0. The lowest BCUT2D eigenvalue weighted by Gasteiger charge is -2.08. The Morgan fingerprint density at radius 1 is 1.46 bits per heavy atom. The standard InChI is InChI=1S/C10H20ClNO/c1-13-8-10(11)5-7-12-6-4-9-2-3-9/h9-10,12H,2-8H2,1H3. The van der Waals surface area contributed by atoms with Gasteiger partial charge in [-0.05, 0) is 31.8 Å². The van der Waals surface area contributed by atoms with Crippen molar-refractivity contribution in [3.8, 4) is 0 Å². The number of ether oxygens (including phenoxy) is 1. The summed E-state index contributed by atoms with van der Waals surface area (Å²) in [6.07, 6.45) is 5.24. The van der Waals surface area contributed by atoms with Crippen molar-refractivity contribution in [2.75, 3.05) is 26.8 Å². The Balaban J connectivity index is 1.76. The molecule has 1 fully saturated rings. The van der Waals surface area contributed by atoms with Gasteiger partial charge in [-0.2, -0.15) is 0 Å². The highest BCUT2D eigenvalue weighted by molar-refractivity contribution is 6.20. The molecule has 1 unspecified atom stereocenters. The van der Waals surface area contributed by atoms with Gasteiger partial charge in [0.1, 0.15) is 0 Å². The highest BCUT2D eigenvalue weighted by atomic mass is 35.5. The second-order valence-electron chi connectivity index (χ2n) is 3.82. The fraction of sp³-hybridized carbons (Fsp3) is 1.00. The molecule has 0 aliphatic heterocycles. The molecule has 78 valence electrons. The molecule has 1 atom stereocenters. The van der Waals surface area contributed by atoms with E-state index in [-0.39, 0.29) is 5.38 Å². The van der Waals surface area contributed by atoms with Crippen molar-refractivity contribution in [2.24, 2.45) is 5.92 Å². The highest BCUT2D eigenvalue weighted by Crippen LogP contribution is 2.31. The lowest BCUT2D eigenvalue weighted by molar-refractivity contribution is 0.195. The first-order valence-electron chi connectivity index (χ1n) is 5.16. The van der Waals surface area contributed by atoms with Crippen LogP contribution in [0.1, 0.15) is 25.7 Å². The van der Waals surface area contributed by atoms with Crippen LogP contribution in [0, 0.1) is 5.92 Å². The molecule has 1 N–H and O–H groups in total. The quantitative estimate of drug-likeness (QED) is 0.484. The third-order valence-corrected chi connectivity index (χ3v) is 2.75. The largest absolute Gasteiger partial charge is 0.383 e. The number of hydrogen-bond acceptors (Lipinski definition) is 2. The van der Waals surface area contributed by atoms with Crippen LogP contribution >= 0.6 is 11.6 Å². The zero-order valence-electron chi connectivity index (χ0n) is 8.39. The molecular formula is C10H20ClNO. The van der Waals surface area contributed by atoms with Gasteiger partial charge in [0.25, 0.3) is 0 Å². The maximum Gasteiger partial charge on any atom is 0.0626 e. The average Bonchev–Trinajstić information content (AvgIpc) is 2.88. The van der Waals surface area contributed by atoms with Crippen molar-refractivity contribution in [3.05, 3.63) is 0 Å². The van der Waals surface area contributed by atoms with E-state index in [9.17, 15) is 0 Å². The van der Waals surface area contributed by atoms with E-state index < -0.39 is 0 Å². The molecule has 1 aliphatic rings. The number of hydrogen-bond donors (Lipinski definition) is 1. The van der Waals surface area contributed by atoms with Gasteiger partial charge >= 0.3 is 0 Å². The van der Waals surface area contributed by atoms with E-state index in [0.717, 1.165) is 25.4 Å². The molecule has 3 heteroatoms. The molecule has 0 aromatic heterocycles. The Bertz CT molecular complexity index is 128. The van der Waals surface area contributed by atoms with E-state index in [0.29, 0.717) is 6.61 Å². The second kappa shape index (κ2) is 6.63. The first kappa shape index (κ1) is 11.3. The molecule has 2 nitrogen and oxygen atoms in total. The third-order valence-electron chi connectivity index (χ3n) is 2.41. The summed E-state index contributed by atoms with van der Waals surface area (Å²) >= 11 is 5.97. The summed E-state index contributed by atoms with van der Waals surface area (Å²) in [6.45, 7) is 2.83. The predicted molar refractivity (Wildman–Crippen MR) is 56.3 cm³/mol.